The first-order valence-electron chi connectivity index (χ1n) is 42.7. The summed E-state index contributed by atoms with van der Waals surface area (Å²) in [5.41, 5.74) is 0. The molecule has 780 valence electrons. The van der Waals surface area contributed by atoms with Gasteiger partial charge in [-0.3, -0.25) is 19.2 Å². The van der Waals surface area contributed by atoms with Crippen molar-refractivity contribution in [1.82, 2.24) is 21.3 Å². The van der Waals surface area contributed by atoms with Crippen LogP contribution in [-0.2, 0) is 123 Å². The van der Waals surface area contributed by atoms with Crippen LogP contribution in [0.5, 0.6) is 0 Å². The van der Waals surface area contributed by atoms with Gasteiger partial charge in [0.2, 0.25) is 23.6 Å². The summed E-state index contributed by atoms with van der Waals surface area (Å²) in [6, 6.07) is -7.86. The van der Waals surface area contributed by atoms with E-state index in [1.54, 1.807) is 0 Å². The summed E-state index contributed by atoms with van der Waals surface area (Å²) in [4.78, 5) is 63.9. The van der Waals surface area contributed by atoms with Crippen LogP contribution >= 0.6 is 0 Å². The van der Waals surface area contributed by atoms with Gasteiger partial charge in [-0.15, -0.1) is 0 Å². The number of rotatable bonds is 35. The number of nitrogens with one attached hydrogen (secondary N) is 4. The second-order valence-electron chi connectivity index (χ2n) is 33.9. The Labute approximate surface area is 761 Å². The number of hydrogen-bond donors (Lipinski definition) is 35. The van der Waals surface area contributed by atoms with Crippen LogP contribution in [0.3, 0.4) is 0 Å². The zero-order valence-electron chi connectivity index (χ0n) is 71.8. The number of hydrogen-bond acceptors (Lipinski definition) is 56. The number of aliphatic hydroxyl groups excluding tert-OH is 30. The van der Waals surface area contributed by atoms with Crippen molar-refractivity contribution in [2.24, 2.45) is 0 Å². The molecule has 0 aromatic carbocycles. The van der Waals surface area contributed by atoms with Gasteiger partial charge in [0.05, 0.1) is 66.1 Å². The molecule has 0 saturated carbocycles. The quantitative estimate of drug-likeness (QED) is 0.0280. The van der Waals surface area contributed by atoms with Gasteiger partial charge >= 0.3 is 5.97 Å². The van der Waals surface area contributed by atoms with Gasteiger partial charge in [-0.05, 0) is 0 Å². The number of carbonyl (C=O) groups is 5. The number of carbonyl (C=O) groups excluding carboxylic acids is 4. The third-order valence-electron chi connectivity index (χ3n) is 24.5. The van der Waals surface area contributed by atoms with E-state index in [0.29, 0.717) is 0 Å². The van der Waals surface area contributed by atoms with Gasteiger partial charge < -0.3 is 279 Å². The lowest BCUT2D eigenvalue weighted by Gasteiger charge is -2.51. The Kier molecular flexibility index (Phi) is 39.5. The second kappa shape index (κ2) is 48.1. The molecule has 135 heavy (non-hydrogen) atoms. The molecular weight excluding hydrogens is 1860 g/mol. The molecule has 61 heteroatoms. The highest BCUT2D eigenvalue weighted by Crippen LogP contribution is 2.42. The van der Waals surface area contributed by atoms with Crippen LogP contribution in [0.4, 0.5) is 0 Å². The number of amides is 4. The van der Waals surface area contributed by atoms with Gasteiger partial charge in [-0.2, -0.15) is 0 Å². The van der Waals surface area contributed by atoms with E-state index in [4.69, 9.17) is 99.5 Å². The minimum Gasteiger partial charge on any atom is -0.479 e. The van der Waals surface area contributed by atoms with E-state index < -0.39 is 433 Å². The smallest absolute Gasteiger partial charge is 0.335 e. The number of carboxylic acids is 1. The first-order chi connectivity index (χ1) is 63.8. The van der Waals surface area contributed by atoms with Crippen LogP contribution in [0, 0.1) is 0 Å². The van der Waals surface area contributed by atoms with Crippen molar-refractivity contribution in [2.45, 2.75) is 365 Å². The molecule has 0 aromatic heterocycles. The van der Waals surface area contributed by atoms with Crippen molar-refractivity contribution in [3.05, 3.63) is 0 Å². The Morgan fingerprint density at radius 1 is 0.215 bits per heavy atom. The second-order valence-corrected chi connectivity index (χ2v) is 33.9. The summed E-state index contributed by atoms with van der Waals surface area (Å²) in [5.74, 6) is -5.79. The highest BCUT2D eigenvalue weighted by Gasteiger charge is 2.63. The molecule has 55 atom stereocenters. The van der Waals surface area contributed by atoms with Crippen molar-refractivity contribution in [3.8, 4) is 0 Å². The van der Waals surface area contributed by atoms with Crippen LogP contribution < -0.4 is 21.3 Å². The molecule has 11 heterocycles. The number of aliphatic carboxylic acids is 1. The predicted octanol–water partition coefficient (Wildman–Crippen LogP) is -24.3. The monoisotopic (exact) mass is 1980 g/mol. The summed E-state index contributed by atoms with van der Waals surface area (Å²) in [6.45, 7) is -7.96. The van der Waals surface area contributed by atoms with E-state index in [0.717, 1.165) is 27.7 Å². The Hall–Kier alpha value is -4.69. The molecule has 11 rings (SSSR count). The molecule has 0 unspecified atom stereocenters. The molecule has 0 aliphatic carbocycles. The summed E-state index contributed by atoms with van der Waals surface area (Å²) in [6.07, 6.45) is -112. The lowest BCUT2D eigenvalue weighted by Crippen LogP contribution is -2.71. The van der Waals surface area contributed by atoms with Crippen LogP contribution in [-0.4, -0.2) is 591 Å². The fourth-order valence-electron chi connectivity index (χ4n) is 17.3. The summed E-state index contributed by atoms with van der Waals surface area (Å²) in [5, 5.41) is 355. The lowest BCUT2D eigenvalue weighted by atomic mass is 9.93. The zero-order valence-corrected chi connectivity index (χ0v) is 71.8. The van der Waals surface area contributed by atoms with E-state index in [2.05, 4.69) is 21.3 Å². The molecule has 61 nitrogen and oxygen atoms in total. The molecule has 0 bridgehead atoms. The fraction of sp³-hybridized carbons (Fsp3) is 0.932. The third-order valence-corrected chi connectivity index (χ3v) is 24.5. The first-order valence-corrected chi connectivity index (χ1v) is 42.7. The Morgan fingerprint density at radius 2 is 0.467 bits per heavy atom. The van der Waals surface area contributed by atoms with Crippen LogP contribution in [0.2, 0.25) is 0 Å². The van der Waals surface area contributed by atoms with E-state index in [-0.39, 0.29) is 0 Å². The minimum absolute atomic E-state index is 0.820. The largest absolute Gasteiger partial charge is 0.479 e. The molecule has 0 aromatic rings. The summed E-state index contributed by atoms with van der Waals surface area (Å²) >= 11 is 0. The molecule has 11 saturated heterocycles. The highest BCUT2D eigenvalue weighted by atomic mass is 16.8. The van der Waals surface area contributed by atoms with Crippen LogP contribution in [0.15, 0.2) is 0 Å². The SMILES string of the molecule is CC(=O)N[C@@H]1[C@@H](O)[C@H](O[C@@H]2O[C@H](CO)[C@@H](O[C@@H]3O[C@H](CO[C@H]4O[C@H](CO[C@H]5O[C@H](CO)[C@@H](O)[C@H](O)[C@@H]5O)[C@@H](O)[C@H](O[C@H]5O[C@H](CO)[C@@H](O)[C@H](O)[C@@H]5O)[C@@H]4O)[C@@H](O)[C@H](O[C@H]4O[C@H](CO)[C@@H](O)[C@H](O)[C@@H]4O[C@@H]4O[C@H](CO)[C@@H](O[C@@H]5O[C@H](CO)[C@H](O)[C@H](O[C@@H]6O[C@H](CO)[C@H](O)[C@H](O[C@@H]7O[C@H](C(=O)O)[C@@H](O)[C@H](O)[C@H]7O)[C@H]6O)[C@H]5NC(C)=O)[C@H](O)[C@H]4NC(C)=O)[C@@H]3O)[C@H](O)[C@H]2NC(C)=O)[C@@H](CO)O[C@H]1O. The molecule has 11 fully saturated rings. The standard InChI is InChI=1S/C74H122N4O57/c1-15(87)75-29-40(98)54(24(10-84)117-64(29)114)127-65-30(76-16(2)88)42(100)56(26(12-86)123-65)129-73-53(111)60(39(97)28(126-73)14-116-69-51(109)59(131-70-49(107)44(102)34(92)20(6-80)120-70)38(96)27(125-69)13-115-68-48(106)43(101)33(91)19(5-79)119-68)133-74-62(46(104)35(93)21(7-81)122-74)135-66-31(77-17(3)89)41(99)55(25(11-85)124-66)128-67-32(78-18(4)90)57(36(94)22(8-82)118-67)130-72-52(110)58(37(95)23(9-83)121-72)132-71-50(108)45(103)47(105)61(134-71)63(112)113/h19-62,64-74,79-86,91-111,114H,5-14H2,1-4H3,(H,75,87)(H,76,88)(H,77,89)(H,78,90)(H,112,113)/t19-,20-,21-,22-,23-,24-,25-,26-,27-,28-,29-,30-,31-,32-,33-,34-,35-,36+,37+,38-,39-,40-,41-,42-,43+,44+,45+,46+,47+,48+,49+,50-,51+,52-,53+,54-,55-,56-,57-,58+,59+,60+,61+,62+,64-,65+,66+,67+,68+,69+,70-,71-,72+,73+,74-/m1/s1. The van der Waals surface area contributed by atoms with E-state index >= 15 is 0 Å². The Bertz CT molecular complexity index is 3740. The maximum absolute atomic E-state index is 13.4. The minimum atomic E-state index is -2.67. The third kappa shape index (κ3) is 24.4. The van der Waals surface area contributed by atoms with Crippen molar-refractivity contribution >= 4 is 29.6 Å². The van der Waals surface area contributed by atoms with E-state index in [1.165, 1.54) is 0 Å². The molecule has 35 N–H and O–H groups in total. The Balaban J connectivity index is 0.907. The van der Waals surface area contributed by atoms with Crippen LogP contribution in [0.25, 0.3) is 0 Å². The normalized spacial score (nSPS) is 49.5. The highest BCUT2D eigenvalue weighted by molar-refractivity contribution is 5.75. The topological polar surface area (TPSA) is 954 Å². The van der Waals surface area contributed by atoms with Gasteiger partial charge in [0, 0.05) is 27.7 Å². The first kappa shape index (κ1) is 111. The van der Waals surface area contributed by atoms with Gasteiger partial charge in [0.15, 0.2) is 75.3 Å². The average molecular weight is 1980 g/mol. The predicted molar refractivity (Wildman–Crippen MR) is 409 cm³/mol. The maximum Gasteiger partial charge on any atom is 0.335 e. The molecule has 0 spiro atoms. The molecule has 4 amide bonds. The van der Waals surface area contributed by atoms with Crippen molar-refractivity contribution < 1.29 is 282 Å². The molecule has 0 radical (unpaired) electrons. The molecule has 11 aliphatic rings. The van der Waals surface area contributed by atoms with Gasteiger partial charge in [0.1, 0.15) is 262 Å². The van der Waals surface area contributed by atoms with Gasteiger partial charge in [0.25, 0.3) is 0 Å². The maximum atomic E-state index is 13.4. The van der Waals surface area contributed by atoms with Crippen molar-refractivity contribution in [2.75, 3.05) is 66.1 Å². The van der Waals surface area contributed by atoms with Gasteiger partial charge in [-0.25, -0.2) is 4.79 Å². The van der Waals surface area contributed by atoms with E-state index in [1.807, 2.05) is 0 Å². The number of aliphatic hydroxyl groups is 30. The van der Waals surface area contributed by atoms with Crippen molar-refractivity contribution in [1.29, 1.82) is 0 Å². The van der Waals surface area contributed by atoms with Crippen molar-refractivity contribution in [3.63, 3.8) is 0 Å². The number of carboxylic acid groups (broad SMARTS) is 1. The van der Waals surface area contributed by atoms with Gasteiger partial charge in [-0.1, -0.05) is 0 Å². The fourth-order valence-corrected chi connectivity index (χ4v) is 17.3. The Morgan fingerprint density at radius 3 is 0.889 bits per heavy atom. The lowest BCUT2D eigenvalue weighted by molar-refractivity contribution is -0.398. The number of ether oxygens (including phenoxy) is 21. The zero-order chi connectivity index (χ0) is 99.4. The molecular formula is C74H122N4O57. The van der Waals surface area contributed by atoms with Crippen LogP contribution in [0.1, 0.15) is 27.7 Å². The summed E-state index contributed by atoms with van der Waals surface area (Å²) in [7, 11) is 0. The molecule has 11 aliphatic heterocycles. The summed E-state index contributed by atoms with van der Waals surface area (Å²) < 4.78 is 124. The average Bonchev–Trinajstić information content (AvgIpc) is 0.755. The van der Waals surface area contributed by atoms with E-state index in [9.17, 15) is 182 Å².